The summed E-state index contributed by atoms with van der Waals surface area (Å²) in [6.07, 6.45) is 0.457. The van der Waals surface area contributed by atoms with Crippen LogP contribution in [-0.2, 0) is 16.3 Å². The van der Waals surface area contributed by atoms with Crippen LogP contribution in [0.3, 0.4) is 0 Å². The Balaban J connectivity index is 1.61. The van der Waals surface area contributed by atoms with Crippen LogP contribution in [0.2, 0.25) is 0 Å². The summed E-state index contributed by atoms with van der Waals surface area (Å²) in [5, 5.41) is 10.9. The molecular weight excluding hydrogens is 422 g/mol. The van der Waals surface area contributed by atoms with Crippen molar-refractivity contribution in [2.75, 3.05) is 11.1 Å². The summed E-state index contributed by atoms with van der Waals surface area (Å²) in [7, 11) is -3.31. The molecule has 0 atom stereocenters. The number of amides is 1. The molecule has 0 aliphatic rings. The third-order valence-electron chi connectivity index (χ3n) is 4.19. The summed E-state index contributed by atoms with van der Waals surface area (Å²) in [5.41, 5.74) is 1.32. The number of benzene rings is 2. The molecule has 0 radical (unpaired) electrons. The molecule has 30 heavy (non-hydrogen) atoms. The summed E-state index contributed by atoms with van der Waals surface area (Å²) >= 11 is 1.79. The summed E-state index contributed by atoms with van der Waals surface area (Å²) in [6, 6.07) is 13.9. The molecule has 0 saturated carbocycles. The first-order valence-corrected chi connectivity index (χ1v) is 12.0. The molecule has 0 fully saturated rings. The van der Waals surface area contributed by atoms with Gasteiger partial charge in [0.2, 0.25) is 5.89 Å². The van der Waals surface area contributed by atoms with E-state index in [9.17, 15) is 13.2 Å². The van der Waals surface area contributed by atoms with E-state index in [1.165, 1.54) is 29.2 Å². The predicted octanol–water partition coefficient (Wildman–Crippen LogP) is 4.21. The van der Waals surface area contributed by atoms with E-state index < -0.39 is 15.7 Å². The van der Waals surface area contributed by atoms with E-state index in [1.54, 1.807) is 18.7 Å². The fraction of sp³-hybridized carbons (Fsp3) is 0.286. The molecule has 1 amide bonds. The Labute approximate surface area is 180 Å². The first-order valence-electron chi connectivity index (χ1n) is 9.49. The fourth-order valence-electron chi connectivity index (χ4n) is 2.66. The van der Waals surface area contributed by atoms with Gasteiger partial charge in [0, 0.05) is 15.7 Å². The van der Waals surface area contributed by atoms with Gasteiger partial charge in [0.1, 0.15) is 0 Å². The maximum atomic E-state index is 12.3. The highest BCUT2D eigenvalue weighted by molar-refractivity contribution is 7.99. The molecule has 0 spiro atoms. The van der Waals surface area contributed by atoms with Gasteiger partial charge in [0.15, 0.2) is 9.84 Å². The van der Waals surface area contributed by atoms with Crippen LogP contribution in [-0.4, -0.2) is 35.5 Å². The molecule has 0 saturated heterocycles. The number of rotatable bonds is 8. The van der Waals surface area contributed by atoms with E-state index in [-0.39, 0.29) is 16.7 Å². The number of thioether (sulfide) groups is 1. The van der Waals surface area contributed by atoms with Crippen molar-refractivity contribution in [2.45, 2.75) is 42.2 Å². The van der Waals surface area contributed by atoms with Crippen molar-refractivity contribution in [1.29, 1.82) is 0 Å². The second-order valence-corrected chi connectivity index (χ2v) is 10.8. The third-order valence-corrected chi connectivity index (χ3v) is 6.96. The topological polar surface area (TPSA) is 102 Å². The van der Waals surface area contributed by atoms with Gasteiger partial charge in [0.05, 0.1) is 17.1 Å². The molecule has 7 nitrogen and oxygen atoms in total. The Hall–Kier alpha value is -2.65. The molecule has 0 aliphatic carbocycles. The van der Waals surface area contributed by atoms with E-state index in [0.717, 1.165) is 5.56 Å². The van der Waals surface area contributed by atoms with Crippen molar-refractivity contribution >= 4 is 33.5 Å². The SMILES string of the molecule is CCS(=O)(=O)c1ccc(C(=O)Nc2nnc(Cc3ccc(SC(C)C)cc3)o2)cc1. The highest BCUT2D eigenvalue weighted by Gasteiger charge is 2.15. The zero-order chi connectivity index (χ0) is 21.7. The van der Waals surface area contributed by atoms with Gasteiger partial charge in [-0.3, -0.25) is 10.1 Å². The van der Waals surface area contributed by atoms with E-state index in [2.05, 4.69) is 41.5 Å². The number of hydrogen-bond acceptors (Lipinski definition) is 7. The molecule has 0 unspecified atom stereocenters. The minimum Gasteiger partial charge on any atom is -0.407 e. The largest absolute Gasteiger partial charge is 0.407 e. The molecule has 1 heterocycles. The zero-order valence-electron chi connectivity index (χ0n) is 17.0. The lowest BCUT2D eigenvalue weighted by molar-refractivity contribution is 0.102. The van der Waals surface area contributed by atoms with E-state index in [1.807, 2.05) is 12.1 Å². The fourth-order valence-corrected chi connectivity index (χ4v) is 4.38. The normalized spacial score (nSPS) is 11.6. The predicted molar refractivity (Wildman–Crippen MR) is 117 cm³/mol. The number of anilines is 1. The van der Waals surface area contributed by atoms with Gasteiger partial charge in [-0.2, -0.15) is 0 Å². The van der Waals surface area contributed by atoms with Crippen molar-refractivity contribution in [1.82, 2.24) is 10.2 Å². The van der Waals surface area contributed by atoms with E-state index in [4.69, 9.17) is 4.42 Å². The smallest absolute Gasteiger partial charge is 0.322 e. The monoisotopic (exact) mass is 445 g/mol. The lowest BCUT2D eigenvalue weighted by Gasteiger charge is -2.05. The van der Waals surface area contributed by atoms with Crippen LogP contribution in [0.25, 0.3) is 0 Å². The Morgan fingerprint density at radius 2 is 1.73 bits per heavy atom. The number of nitrogens with zero attached hydrogens (tertiary/aromatic N) is 2. The molecule has 3 aromatic rings. The van der Waals surface area contributed by atoms with Crippen LogP contribution in [0.4, 0.5) is 6.01 Å². The first kappa shape index (κ1) is 22.0. The molecule has 158 valence electrons. The van der Waals surface area contributed by atoms with Crippen LogP contribution in [0.5, 0.6) is 0 Å². The molecular formula is C21H23N3O4S2. The van der Waals surface area contributed by atoms with Crippen molar-refractivity contribution < 1.29 is 17.6 Å². The highest BCUT2D eigenvalue weighted by Crippen LogP contribution is 2.23. The lowest BCUT2D eigenvalue weighted by atomic mass is 10.1. The quantitative estimate of drug-likeness (QED) is 0.518. The second kappa shape index (κ2) is 9.44. The van der Waals surface area contributed by atoms with Gasteiger partial charge in [-0.25, -0.2) is 8.42 Å². The minimum atomic E-state index is -3.31. The first-order chi connectivity index (χ1) is 14.3. The number of aromatic nitrogens is 2. The standard InChI is InChI=1S/C21H23N3O4S2/c1-4-30(26,27)18-11-7-16(8-12-18)20(25)22-21-24-23-19(28-21)13-15-5-9-17(10-6-15)29-14(2)3/h5-12,14H,4,13H2,1-3H3,(H,22,24,25). The van der Waals surface area contributed by atoms with Crippen LogP contribution < -0.4 is 5.32 Å². The Morgan fingerprint density at radius 1 is 1.07 bits per heavy atom. The van der Waals surface area contributed by atoms with Crippen molar-refractivity contribution in [3.05, 3.63) is 65.5 Å². The summed E-state index contributed by atoms with van der Waals surface area (Å²) in [6.45, 7) is 5.87. The Kier molecular flexibility index (Phi) is 6.94. The summed E-state index contributed by atoms with van der Waals surface area (Å²) in [5.74, 6) is -0.0672. The maximum Gasteiger partial charge on any atom is 0.322 e. The number of carbonyl (C=O) groups is 1. The highest BCUT2D eigenvalue weighted by atomic mass is 32.2. The Bertz CT molecular complexity index is 1110. The molecule has 9 heteroatoms. The van der Waals surface area contributed by atoms with Gasteiger partial charge < -0.3 is 4.42 Å². The van der Waals surface area contributed by atoms with Crippen molar-refractivity contribution in [3.8, 4) is 0 Å². The van der Waals surface area contributed by atoms with Gasteiger partial charge >= 0.3 is 6.01 Å². The average Bonchev–Trinajstić information content (AvgIpc) is 3.16. The van der Waals surface area contributed by atoms with Crippen LogP contribution in [0, 0.1) is 0 Å². The van der Waals surface area contributed by atoms with Crippen LogP contribution in [0.15, 0.2) is 62.7 Å². The molecule has 2 aromatic carbocycles. The third kappa shape index (κ3) is 5.70. The molecule has 1 N–H and O–H groups in total. The Morgan fingerprint density at radius 3 is 2.33 bits per heavy atom. The zero-order valence-corrected chi connectivity index (χ0v) is 18.6. The van der Waals surface area contributed by atoms with Crippen LogP contribution >= 0.6 is 11.8 Å². The molecule has 1 aromatic heterocycles. The second-order valence-electron chi connectivity index (χ2n) is 6.87. The molecule has 0 aliphatic heterocycles. The van der Waals surface area contributed by atoms with Gasteiger partial charge in [-0.05, 0) is 42.0 Å². The number of hydrogen-bond donors (Lipinski definition) is 1. The maximum absolute atomic E-state index is 12.3. The number of carbonyl (C=O) groups excluding carboxylic acids is 1. The van der Waals surface area contributed by atoms with Gasteiger partial charge in [-0.15, -0.1) is 16.9 Å². The van der Waals surface area contributed by atoms with Crippen LogP contribution in [0.1, 0.15) is 42.6 Å². The van der Waals surface area contributed by atoms with Crippen molar-refractivity contribution in [3.63, 3.8) is 0 Å². The van der Waals surface area contributed by atoms with E-state index in [0.29, 0.717) is 23.1 Å². The molecule has 0 bridgehead atoms. The summed E-state index contributed by atoms with van der Waals surface area (Å²) in [4.78, 5) is 13.7. The number of nitrogens with one attached hydrogen (secondary N) is 1. The van der Waals surface area contributed by atoms with E-state index >= 15 is 0 Å². The minimum absolute atomic E-state index is 0.00257. The van der Waals surface area contributed by atoms with Crippen molar-refractivity contribution in [2.24, 2.45) is 0 Å². The lowest BCUT2D eigenvalue weighted by Crippen LogP contribution is -2.12. The number of sulfone groups is 1. The average molecular weight is 446 g/mol. The van der Waals surface area contributed by atoms with Gasteiger partial charge in [-0.1, -0.05) is 38.0 Å². The summed E-state index contributed by atoms with van der Waals surface area (Å²) < 4.78 is 29.2. The van der Waals surface area contributed by atoms with Gasteiger partial charge in [0.25, 0.3) is 5.91 Å². The molecule has 3 rings (SSSR count).